The lowest BCUT2D eigenvalue weighted by Gasteiger charge is -2.55. The Balaban J connectivity index is 0.00000253. The van der Waals surface area contributed by atoms with Crippen molar-refractivity contribution in [3.8, 4) is 11.5 Å². The molecule has 35 heavy (non-hydrogen) atoms. The van der Waals surface area contributed by atoms with Gasteiger partial charge in [0.2, 0.25) is 5.91 Å². The highest BCUT2D eigenvalue weighted by molar-refractivity contribution is 8.14. The molecule has 0 radical (unpaired) electrons. The van der Waals surface area contributed by atoms with E-state index in [2.05, 4.69) is 17.3 Å². The molecule has 186 valence electrons. The van der Waals surface area contributed by atoms with Crippen LogP contribution < -0.4 is 10.1 Å². The SMILES string of the molecule is CN1/C(=N/C23CC4CC(CC(C4)C2)C3)SCC1CC(=O)Nc1ccc(Oc2ccccc2)cc1.Cl. The van der Waals surface area contributed by atoms with Crippen LogP contribution >= 0.6 is 24.2 Å². The molecule has 0 aromatic heterocycles. The summed E-state index contributed by atoms with van der Waals surface area (Å²) in [6.07, 6.45) is 8.65. The van der Waals surface area contributed by atoms with Gasteiger partial charge in [-0.1, -0.05) is 30.0 Å². The van der Waals surface area contributed by atoms with Gasteiger partial charge in [-0.15, -0.1) is 12.4 Å². The van der Waals surface area contributed by atoms with Crippen LogP contribution in [0.1, 0.15) is 44.9 Å². The summed E-state index contributed by atoms with van der Waals surface area (Å²) in [6.45, 7) is 0. The van der Waals surface area contributed by atoms with Crippen LogP contribution in [0.2, 0.25) is 0 Å². The summed E-state index contributed by atoms with van der Waals surface area (Å²) in [5, 5.41) is 4.21. The Bertz CT molecular complexity index is 1040. The number of nitrogens with zero attached hydrogens (tertiary/aromatic N) is 2. The minimum atomic E-state index is 0. The molecule has 5 aliphatic rings. The lowest BCUT2D eigenvalue weighted by molar-refractivity contribution is -0.116. The zero-order valence-electron chi connectivity index (χ0n) is 20.2. The minimum Gasteiger partial charge on any atom is -0.457 e. The molecule has 1 saturated heterocycles. The number of benzene rings is 2. The molecule has 0 spiro atoms. The van der Waals surface area contributed by atoms with Gasteiger partial charge in [0.25, 0.3) is 0 Å². The number of halogens is 1. The van der Waals surface area contributed by atoms with Crippen molar-refractivity contribution in [2.45, 2.75) is 56.5 Å². The fourth-order valence-corrected chi connectivity index (χ4v) is 8.20. The number of anilines is 1. The molecular formula is C28H34ClN3O2S. The Hall–Kier alpha value is -2.18. The predicted molar refractivity (Wildman–Crippen MR) is 146 cm³/mol. The Morgan fingerprint density at radius 1 is 1.00 bits per heavy atom. The van der Waals surface area contributed by atoms with Gasteiger partial charge in [0, 0.05) is 31.0 Å². The molecule has 1 heterocycles. The molecule has 5 nitrogen and oxygen atoms in total. The fraction of sp³-hybridized carbons (Fsp3) is 0.500. The first-order valence-electron chi connectivity index (χ1n) is 12.6. The van der Waals surface area contributed by atoms with E-state index in [1.54, 1.807) is 0 Å². The van der Waals surface area contributed by atoms with Gasteiger partial charge in [0.1, 0.15) is 11.5 Å². The van der Waals surface area contributed by atoms with E-state index in [4.69, 9.17) is 9.73 Å². The molecule has 7 rings (SSSR count). The lowest BCUT2D eigenvalue weighted by atomic mass is 9.53. The zero-order valence-corrected chi connectivity index (χ0v) is 21.8. The summed E-state index contributed by atoms with van der Waals surface area (Å²) >= 11 is 1.84. The molecule has 2 aromatic rings. The van der Waals surface area contributed by atoms with Gasteiger partial charge in [-0.2, -0.15) is 0 Å². The van der Waals surface area contributed by atoms with Crippen molar-refractivity contribution in [2.75, 3.05) is 18.1 Å². The number of hydrogen-bond donors (Lipinski definition) is 1. The number of aliphatic imine (C=N–C) groups is 1. The number of hydrogen-bond acceptors (Lipinski definition) is 4. The molecular weight excluding hydrogens is 478 g/mol. The van der Waals surface area contributed by atoms with Crippen molar-refractivity contribution in [1.29, 1.82) is 0 Å². The number of ether oxygens (including phenoxy) is 1. The summed E-state index contributed by atoms with van der Waals surface area (Å²) < 4.78 is 5.84. The molecule has 7 heteroatoms. The van der Waals surface area contributed by atoms with E-state index < -0.39 is 0 Å². The average molecular weight is 512 g/mol. The topological polar surface area (TPSA) is 53.9 Å². The second-order valence-corrected chi connectivity index (χ2v) is 11.8. The molecule has 1 N–H and O–H groups in total. The van der Waals surface area contributed by atoms with Gasteiger partial charge in [0.15, 0.2) is 5.17 Å². The Labute approximate surface area is 218 Å². The van der Waals surface area contributed by atoms with E-state index >= 15 is 0 Å². The number of carbonyl (C=O) groups excluding carboxylic acids is 1. The lowest BCUT2D eigenvalue weighted by Crippen LogP contribution is -2.50. The minimum absolute atomic E-state index is 0. The third kappa shape index (κ3) is 5.34. The maximum Gasteiger partial charge on any atom is 0.226 e. The van der Waals surface area contributed by atoms with Crippen LogP contribution in [0.3, 0.4) is 0 Å². The molecule has 1 atom stereocenters. The van der Waals surface area contributed by atoms with Gasteiger partial charge >= 0.3 is 0 Å². The van der Waals surface area contributed by atoms with Crippen LogP contribution in [0.5, 0.6) is 11.5 Å². The number of para-hydroxylation sites is 1. The van der Waals surface area contributed by atoms with Crippen LogP contribution in [-0.4, -0.2) is 40.4 Å². The highest BCUT2D eigenvalue weighted by Gasteiger charge is 2.51. The van der Waals surface area contributed by atoms with E-state index in [1.807, 2.05) is 66.4 Å². The highest BCUT2D eigenvalue weighted by Crippen LogP contribution is 2.57. The first-order chi connectivity index (χ1) is 16.5. The molecule has 1 amide bonds. The van der Waals surface area contributed by atoms with Gasteiger partial charge < -0.3 is 15.0 Å². The monoisotopic (exact) mass is 511 g/mol. The standard InChI is InChI=1S/C28H33N3O2S.ClH/c1-31-23(18-34-27(31)30-28-15-19-11-20(16-28)13-21(12-19)17-28)14-26(32)29-22-7-9-25(10-8-22)33-24-5-3-2-4-6-24;/h2-10,19-21,23H,11-18H2,1H3,(H,29,32);1H/b30-27-;. The molecule has 1 aliphatic heterocycles. The maximum atomic E-state index is 12.8. The van der Waals surface area contributed by atoms with E-state index in [-0.39, 0.29) is 29.9 Å². The van der Waals surface area contributed by atoms with E-state index in [1.165, 1.54) is 38.5 Å². The summed E-state index contributed by atoms with van der Waals surface area (Å²) in [5.41, 5.74) is 0.979. The Kier molecular flexibility index (Phi) is 7.04. The van der Waals surface area contributed by atoms with Crippen LogP contribution in [0, 0.1) is 17.8 Å². The van der Waals surface area contributed by atoms with E-state index in [0.29, 0.717) is 6.42 Å². The smallest absolute Gasteiger partial charge is 0.226 e. The average Bonchev–Trinajstić information content (AvgIpc) is 3.13. The molecule has 4 aliphatic carbocycles. The summed E-state index contributed by atoms with van der Waals surface area (Å²) in [6, 6.07) is 17.4. The predicted octanol–water partition coefficient (Wildman–Crippen LogP) is 6.60. The third-order valence-electron chi connectivity index (χ3n) is 8.13. The molecule has 2 aromatic carbocycles. The molecule has 5 fully saturated rings. The summed E-state index contributed by atoms with van der Waals surface area (Å²) in [7, 11) is 2.12. The van der Waals surface area contributed by atoms with Crippen LogP contribution in [-0.2, 0) is 4.79 Å². The first kappa shape index (κ1) is 24.5. The van der Waals surface area contributed by atoms with Crippen LogP contribution in [0.25, 0.3) is 0 Å². The quantitative estimate of drug-likeness (QED) is 0.474. The van der Waals surface area contributed by atoms with Gasteiger partial charge in [-0.25, -0.2) is 0 Å². The number of carbonyl (C=O) groups is 1. The number of nitrogens with one attached hydrogen (secondary N) is 1. The van der Waals surface area contributed by atoms with Crippen LogP contribution in [0.4, 0.5) is 5.69 Å². The number of rotatable bonds is 6. The number of amides is 1. The highest BCUT2D eigenvalue weighted by atomic mass is 35.5. The van der Waals surface area contributed by atoms with Crippen LogP contribution in [0.15, 0.2) is 59.6 Å². The maximum absolute atomic E-state index is 12.8. The van der Waals surface area contributed by atoms with Crippen molar-refractivity contribution in [3.63, 3.8) is 0 Å². The molecule has 4 bridgehead atoms. The van der Waals surface area contributed by atoms with E-state index in [0.717, 1.165) is 45.9 Å². The van der Waals surface area contributed by atoms with Gasteiger partial charge in [0.05, 0.1) is 5.54 Å². The van der Waals surface area contributed by atoms with Gasteiger partial charge in [-0.3, -0.25) is 9.79 Å². The van der Waals surface area contributed by atoms with Crippen molar-refractivity contribution in [3.05, 3.63) is 54.6 Å². The summed E-state index contributed by atoms with van der Waals surface area (Å²) in [5.74, 6) is 5.23. The first-order valence-corrected chi connectivity index (χ1v) is 13.6. The number of amidine groups is 1. The Morgan fingerprint density at radius 2 is 1.60 bits per heavy atom. The second kappa shape index (κ2) is 10.1. The zero-order chi connectivity index (χ0) is 23.1. The normalized spacial score (nSPS) is 31.9. The van der Waals surface area contributed by atoms with Crippen molar-refractivity contribution < 1.29 is 9.53 Å². The van der Waals surface area contributed by atoms with Crippen molar-refractivity contribution in [2.24, 2.45) is 22.7 Å². The molecule has 4 saturated carbocycles. The number of thioether (sulfide) groups is 1. The third-order valence-corrected chi connectivity index (χ3v) is 9.32. The van der Waals surface area contributed by atoms with Crippen molar-refractivity contribution in [1.82, 2.24) is 4.90 Å². The Morgan fingerprint density at radius 3 is 2.23 bits per heavy atom. The largest absolute Gasteiger partial charge is 0.457 e. The van der Waals surface area contributed by atoms with Gasteiger partial charge in [-0.05, 0) is 92.7 Å². The fourth-order valence-electron chi connectivity index (χ4n) is 6.91. The molecule has 1 unspecified atom stereocenters. The summed E-state index contributed by atoms with van der Waals surface area (Å²) in [4.78, 5) is 20.4. The van der Waals surface area contributed by atoms with E-state index in [9.17, 15) is 4.79 Å². The van der Waals surface area contributed by atoms with Crippen molar-refractivity contribution >= 4 is 40.9 Å². The second-order valence-electron chi connectivity index (χ2n) is 10.8.